The number of para-hydroxylation sites is 1. The second-order valence-corrected chi connectivity index (χ2v) is 12.0. The summed E-state index contributed by atoms with van der Waals surface area (Å²) in [6, 6.07) is 19.0. The molecule has 7 nitrogen and oxygen atoms in total. The Morgan fingerprint density at radius 2 is 1.82 bits per heavy atom. The van der Waals surface area contributed by atoms with Gasteiger partial charge in [0.15, 0.2) is 5.43 Å². The first-order chi connectivity index (χ1) is 19.4. The lowest BCUT2D eigenvalue weighted by Gasteiger charge is -2.58. The summed E-state index contributed by atoms with van der Waals surface area (Å²) < 4.78 is 7.66. The first-order valence-corrected chi connectivity index (χ1v) is 14.2. The highest BCUT2D eigenvalue weighted by molar-refractivity contribution is 5.95. The van der Waals surface area contributed by atoms with E-state index in [9.17, 15) is 14.7 Å². The average Bonchev–Trinajstić information content (AvgIpc) is 2.96. The first kappa shape index (κ1) is 25.0. The molecule has 4 bridgehead atoms. The minimum absolute atomic E-state index is 0.0669. The lowest BCUT2D eigenvalue weighted by atomic mass is 9.52. The summed E-state index contributed by atoms with van der Waals surface area (Å²) >= 11 is 0. The maximum atomic E-state index is 13.5. The lowest BCUT2D eigenvalue weighted by molar-refractivity contribution is -0.136. The molecule has 4 aliphatic rings. The fourth-order valence-corrected chi connectivity index (χ4v) is 7.81. The van der Waals surface area contributed by atoms with Crippen molar-refractivity contribution in [2.24, 2.45) is 17.8 Å². The molecule has 4 aliphatic carbocycles. The summed E-state index contributed by atoms with van der Waals surface area (Å²) in [6.45, 7) is 0. The van der Waals surface area contributed by atoms with E-state index in [1.54, 1.807) is 31.5 Å². The Morgan fingerprint density at radius 3 is 2.55 bits per heavy atom. The SMILES string of the molecule is COc1cc(C(=O)N[C@@H]2[C@@H]3C[C@@H]4C[C@H]2C[C@@](O)(C4)C3)ccc1Cc1cn(-c2ccccc2)c2ncccc2c1=O. The van der Waals surface area contributed by atoms with E-state index in [0.29, 0.717) is 52.1 Å². The number of fused-ring (bicyclic) bond motifs is 1. The fraction of sp³-hybridized carbons (Fsp3) is 0.364. The van der Waals surface area contributed by atoms with Gasteiger partial charge in [-0.05, 0) is 91.8 Å². The quantitative estimate of drug-likeness (QED) is 0.375. The Morgan fingerprint density at radius 1 is 1.05 bits per heavy atom. The van der Waals surface area contributed by atoms with Gasteiger partial charge in [-0.2, -0.15) is 0 Å². The topological polar surface area (TPSA) is 93.4 Å². The number of pyridine rings is 2. The number of nitrogens with zero attached hydrogens (tertiary/aromatic N) is 2. The van der Waals surface area contributed by atoms with Gasteiger partial charge in [0.2, 0.25) is 0 Å². The van der Waals surface area contributed by atoms with Gasteiger partial charge in [0, 0.05) is 41.7 Å². The molecule has 40 heavy (non-hydrogen) atoms. The number of aromatic nitrogens is 2. The lowest BCUT2D eigenvalue weighted by Crippen LogP contribution is -2.61. The minimum Gasteiger partial charge on any atom is -0.496 e. The summed E-state index contributed by atoms with van der Waals surface area (Å²) in [6.07, 6.45) is 8.58. The number of rotatable bonds is 6. The van der Waals surface area contributed by atoms with Gasteiger partial charge in [-0.1, -0.05) is 24.3 Å². The number of carbonyl (C=O) groups excluding carboxylic acids is 1. The molecule has 0 aliphatic heterocycles. The van der Waals surface area contributed by atoms with Crippen LogP contribution in [-0.2, 0) is 6.42 Å². The third-order valence-corrected chi connectivity index (χ3v) is 9.34. The largest absolute Gasteiger partial charge is 0.496 e. The Hall–Kier alpha value is -3.97. The summed E-state index contributed by atoms with van der Waals surface area (Å²) in [7, 11) is 1.59. The number of nitrogens with one attached hydrogen (secondary N) is 1. The van der Waals surface area contributed by atoms with E-state index in [0.717, 1.165) is 43.4 Å². The number of amides is 1. The van der Waals surface area contributed by atoms with Crippen molar-refractivity contribution in [3.05, 3.63) is 100.0 Å². The van der Waals surface area contributed by atoms with Gasteiger partial charge in [0.25, 0.3) is 5.91 Å². The molecule has 0 unspecified atom stereocenters. The van der Waals surface area contributed by atoms with Gasteiger partial charge in [0.05, 0.1) is 18.1 Å². The van der Waals surface area contributed by atoms with Crippen LogP contribution in [0.3, 0.4) is 0 Å². The van der Waals surface area contributed by atoms with Crippen LogP contribution in [0.1, 0.15) is 53.6 Å². The number of aliphatic hydroxyl groups is 1. The van der Waals surface area contributed by atoms with Crippen molar-refractivity contribution in [2.45, 2.75) is 50.2 Å². The predicted octanol–water partition coefficient (Wildman–Crippen LogP) is 4.65. The Kier molecular flexibility index (Phi) is 6.00. The van der Waals surface area contributed by atoms with Crippen LogP contribution in [0.15, 0.2) is 77.9 Å². The highest BCUT2D eigenvalue weighted by atomic mass is 16.5. The van der Waals surface area contributed by atoms with Crippen molar-refractivity contribution >= 4 is 16.9 Å². The second kappa shape index (κ2) is 9.59. The number of carbonyl (C=O) groups is 1. The zero-order valence-corrected chi connectivity index (χ0v) is 22.5. The first-order valence-electron chi connectivity index (χ1n) is 14.2. The standard InChI is InChI=1S/C33H33N3O4/c1-40-28-15-22(32(38)35-29-23-12-20-13-24(29)18-33(39,16-20)17-23)10-9-21(28)14-25-19-36(26-6-3-2-4-7-26)31-27(30(25)37)8-5-11-34-31/h2-11,15,19-20,23-24,29,39H,12-14,16-18H2,1H3,(H,35,38)/t20-,23-,24+,29-,33-. The number of hydrogen-bond acceptors (Lipinski definition) is 5. The van der Waals surface area contributed by atoms with E-state index in [2.05, 4.69) is 10.3 Å². The fourth-order valence-electron chi connectivity index (χ4n) is 7.81. The molecule has 4 aromatic rings. The van der Waals surface area contributed by atoms with Crippen LogP contribution < -0.4 is 15.5 Å². The number of hydrogen-bond donors (Lipinski definition) is 2. The van der Waals surface area contributed by atoms with Gasteiger partial charge in [-0.15, -0.1) is 0 Å². The highest BCUT2D eigenvalue weighted by Gasteiger charge is 2.55. The highest BCUT2D eigenvalue weighted by Crippen LogP contribution is 2.55. The van der Waals surface area contributed by atoms with E-state index in [-0.39, 0.29) is 17.4 Å². The monoisotopic (exact) mass is 535 g/mol. The van der Waals surface area contributed by atoms with Crippen LogP contribution in [-0.4, -0.2) is 39.3 Å². The molecule has 2 aromatic heterocycles. The summed E-state index contributed by atoms with van der Waals surface area (Å²) in [5.74, 6) is 1.74. The normalized spacial score (nSPS) is 26.6. The van der Waals surface area contributed by atoms with Crippen molar-refractivity contribution in [1.82, 2.24) is 14.9 Å². The van der Waals surface area contributed by atoms with Gasteiger partial charge >= 0.3 is 0 Å². The molecule has 2 heterocycles. The molecule has 0 spiro atoms. The van der Waals surface area contributed by atoms with E-state index >= 15 is 0 Å². The summed E-state index contributed by atoms with van der Waals surface area (Å²) in [4.78, 5) is 31.3. The maximum absolute atomic E-state index is 13.5. The van der Waals surface area contributed by atoms with Crippen LogP contribution in [0.25, 0.3) is 16.7 Å². The van der Waals surface area contributed by atoms with Crippen molar-refractivity contribution in [3.8, 4) is 11.4 Å². The summed E-state index contributed by atoms with van der Waals surface area (Å²) in [5, 5.41) is 14.8. The van der Waals surface area contributed by atoms with Gasteiger partial charge < -0.3 is 19.7 Å². The van der Waals surface area contributed by atoms with Crippen LogP contribution >= 0.6 is 0 Å². The van der Waals surface area contributed by atoms with Crippen LogP contribution in [0.4, 0.5) is 0 Å². The van der Waals surface area contributed by atoms with E-state index in [4.69, 9.17) is 4.74 Å². The van der Waals surface area contributed by atoms with Crippen molar-refractivity contribution in [2.75, 3.05) is 7.11 Å². The zero-order chi connectivity index (χ0) is 27.4. The smallest absolute Gasteiger partial charge is 0.251 e. The van der Waals surface area contributed by atoms with Gasteiger partial charge in [-0.25, -0.2) is 4.98 Å². The van der Waals surface area contributed by atoms with Crippen molar-refractivity contribution in [3.63, 3.8) is 0 Å². The van der Waals surface area contributed by atoms with Gasteiger partial charge in [-0.3, -0.25) is 9.59 Å². The second-order valence-electron chi connectivity index (χ2n) is 12.0. The van der Waals surface area contributed by atoms with Crippen LogP contribution in [0.5, 0.6) is 5.75 Å². The third kappa shape index (κ3) is 4.29. The molecular formula is C33H33N3O4. The predicted molar refractivity (Wildman–Crippen MR) is 153 cm³/mol. The number of benzene rings is 2. The van der Waals surface area contributed by atoms with Crippen molar-refractivity contribution < 1.29 is 14.6 Å². The minimum atomic E-state index is -0.527. The Labute approximate surface area is 232 Å². The summed E-state index contributed by atoms with van der Waals surface area (Å²) in [5.41, 5.74) is 2.92. The molecule has 1 amide bonds. The molecule has 4 fully saturated rings. The number of methoxy groups -OCH3 is 1. The molecule has 2 N–H and O–H groups in total. The molecule has 204 valence electrons. The zero-order valence-electron chi connectivity index (χ0n) is 22.5. The Bertz CT molecular complexity index is 1650. The van der Waals surface area contributed by atoms with Crippen LogP contribution in [0, 0.1) is 17.8 Å². The molecule has 0 saturated heterocycles. The molecule has 2 aromatic carbocycles. The molecule has 8 rings (SSSR count). The van der Waals surface area contributed by atoms with E-state index < -0.39 is 5.60 Å². The molecule has 4 saturated carbocycles. The van der Waals surface area contributed by atoms with E-state index in [1.807, 2.05) is 53.2 Å². The maximum Gasteiger partial charge on any atom is 0.251 e. The molecule has 5 atom stereocenters. The average molecular weight is 536 g/mol. The Balaban J connectivity index is 1.17. The van der Waals surface area contributed by atoms with E-state index in [1.165, 1.54) is 0 Å². The third-order valence-electron chi connectivity index (χ3n) is 9.34. The number of ether oxygens (including phenoxy) is 1. The molecule has 0 radical (unpaired) electrons. The van der Waals surface area contributed by atoms with Crippen LogP contribution in [0.2, 0.25) is 0 Å². The van der Waals surface area contributed by atoms with Gasteiger partial charge in [0.1, 0.15) is 11.4 Å². The van der Waals surface area contributed by atoms with Crippen molar-refractivity contribution in [1.29, 1.82) is 0 Å². The molecule has 7 heteroatoms. The molecular weight excluding hydrogens is 502 g/mol.